The number of carbonyl (C=O) groups excluding carboxylic acids is 2. The van der Waals surface area contributed by atoms with Gasteiger partial charge in [-0.05, 0) is 35.4 Å². The fourth-order valence-corrected chi connectivity index (χ4v) is 3.02. The Labute approximate surface area is 154 Å². The Balaban J connectivity index is 1.76. The molecule has 1 atom stereocenters. The largest absolute Gasteiger partial charge is 0.496 e. The summed E-state index contributed by atoms with van der Waals surface area (Å²) in [5, 5.41) is 14.5. The SMILES string of the molecule is COc1ccc(CNC(=O)[C@H]2CC(=O)Nc3cc(F)ccc32)cc1C(=O)O. The lowest BCUT2D eigenvalue weighted by atomic mass is 9.89. The molecule has 0 aliphatic carbocycles. The predicted molar refractivity (Wildman–Crippen MR) is 94.2 cm³/mol. The average Bonchev–Trinajstić information content (AvgIpc) is 2.64. The lowest BCUT2D eigenvalue weighted by molar-refractivity contribution is -0.126. The number of ether oxygens (including phenoxy) is 1. The number of methoxy groups -OCH3 is 1. The summed E-state index contributed by atoms with van der Waals surface area (Å²) in [7, 11) is 1.37. The molecule has 0 bridgehead atoms. The number of fused-ring (bicyclic) bond motifs is 1. The fourth-order valence-electron chi connectivity index (χ4n) is 3.02. The molecular weight excluding hydrogens is 355 g/mol. The minimum Gasteiger partial charge on any atom is -0.496 e. The van der Waals surface area contributed by atoms with Crippen molar-refractivity contribution in [3.8, 4) is 5.75 Å². The first-order chi connectivity index (χ1) is 12.9. The van der Waals surface area contributed by atoms with Crippen molar-refractivity contribution in [1.29, 1.82) is 0 Å². The van der Waals surface area contributed by atoms with Crippen LogP contribution >= 0.6 is 0 Å². The number of anilines is 1. The van der Waals surface area contributed by atoms with Gasteiger partial charge in [0.25, 0.3) is 0 Å². The Hall–Kier alpha value is -3.42. The number of aromatic carboxylic acids is 1. The van der Waals surface area contributed by atoms with Gasteiger partial charge in [-0.2, -0.15) is 0 Å². The van der Waals surface area contributed by atoms with Crippen LogP contribution in [0.25, 0.3) is 0 Å². The first kappa shape index (κ1) is 18.4. The zero-order valence-electron chi connectivity index (χ0n) is 14.4. The lowest BCUT2D eigenvalue weighted by Crippen LogP contribution is -2.34. The predicted octanol–water partition coefficient (Wildman–Crippen LogP) is 2.27. The summed E-state index contributed by atoms with van der Waals surface area (Å²) in [4.78, 5) is 35.7. The van der Waals surface area contributed by atoms with Gasteiger partial charge < -0.3 is 20.5 Å². The van der Waals surface area contributed by atoms with Crippen molar-refractivity contribution < 1.29 is 28.6 Å². The summed E-state index contributed by atoms with van der Waals surface area (Å²) in [6, 6.07) is 8.45. The molecule has 2 amide bonds. The number of carboxylic acid groups (broad SMARTS) is 1. The highest BCUT2D eigenvalue weighted by atomic mass is 19.1. The highest BCUT2D eigenvalue weighted by molar-refractivity contribution is 6.01. The molecule has 0 radical (unpaired) electrons. The topological polar surface area (TPSA) is 105 Å². The van der Waals surface area contributed by atoms with Crippen molar-refractivity contribution in [3.05, 3.63) is 58.9 Å². The van der Waals surface area contributed by atoms with E-state index in [0.717, 1.165) is 0 Å². The van der Waals surface area contributed by atoms with E-state index in [-0.39, 0.29) is 35.9 Å². The summed E-state index contributed by atoms with van der Waals surface area (Å²) >= 11 is 0. The maximum Gasteiger partial charge on any atom is 0.339 e. The van der Waals surface area contributed by atoms with E-state index in [4.69, 9.17) is 4.74 Å². The van der Waals surface area contributed by atoms with Crippen LogP contribution in [0.3, 0.4) is 0 Å². The van der Waals surface area contributed by atoms with Crippen LogP contribution in [0.2, 0.25) is 0 Å². The van der Waals surface area contributed by atoms with Crippen molar-refractivity contribution in [2.75, 3.05) is 12.4 Å². The van der Waals surface area contributed by atoms with Gasteiger partial charge >= 0.3 is 5.97 Å². The quantitative estimate of drug-likeness (QED) is 0.747. The van der Waals surface area contributed by atoms with Crippen molar-refractivity contribution in [1.82, 2.24) is 5.32 Å². The summed E-state index contributed by atoms with van der Waals surface area (Å²) in [5.74, 6) is -2.94. The van der Waals surface area contributed by atoms with Crippen LogP contribution in [0.1, 0.15) is 33.8 Å². The molecule has 0 spiro atoms. The number of nitrogens with one attached hydrogen (secondary N) is 2. The normalized spacial score (nSPS) is 15.5. The van der Waals surface area contributed by atoms with Gasteiger partial charge in [0.2, 0.25) is 11.8 Å². The van der Waals surface area contributed by atoms with Gasteiger partial charge in [-0.3, -0.25) is 9.59 Å². The highest BCUT2D eigenvalue weighted by Crippen LogP contribution is 2.33. The Morgan fingerprint density at radius 1 is 1.30 bits per heavy atom. The van der Waals surface area contributed by atoms with E-state index in [1.165, 1.54) is 37.4 Å². The van der Waals surface area contributed by atoms with Gasteiger partial charge in [0.05, 0.1) is 13.0 Å². The number of carboxylic acids is 1. The number of halogens is 1. The van der Waals surface area contributed by atoms with E-state index in [2.05, 4.69) is 10.6 Å². The van der Waals surface area contributed by atoms with Crippen molar-refractivity contribution >= 4 is 23.5 Å². The zero-order valence-corrected chi connectivity index (χ0v) is 14.4. The van der Waals surface area contributed by atoms with Crippen LogP contribution in [-0.4, -0.2) is 30.0 Å². The van der Waals surface area contributed by atoms with Crippen molar-refractivity contribution in [2.24, 2.45) is 0 Å². The first-order valence-corrected chi connectivity index (χ1v) is 8.16. The Bertz CT molecular complexity index is 928. The van der Waals surface area contributed by atoms with Crippen LogP contribution < -0.4 is 15.4 Å². The molecule has 27 heavy (non-hydrogen) atoms. The average molecular weight is 372 g/mol. The number of benzene rings is 2. The molecule has 0 aromatic heterocycles. The molecule has 0 unspecified atom stereocenters. The summed E-state index contributed by atoms with van der Waals surface area (Å²) in [6.07, 6.45) is -0.0482. The number of hydrogen-bond acceptors (Lipinski definition) is 4. The third-order valence-electron chi connectivity index (χ3n) is 4.33. The van der Waals surface area contributed by atoms with E-state index >= 15 is 0 Å². The van der Waals surface area contributed by atoms with Crippen LogP contribution in [0.15, 0.2) is 36.4 Å². The monoisotopic (exact) mass is 372 g/mol. The fraction of sp³-hybridized carbons (Fsp3) is 0.211. The van der Waals surface area contributed by atoms with Gasteiger partial charge in [-0.1, -0.05) is 12.1 Å². The van der Waals surface area contributed by atoms with E-state index < -0.39 is 23.6 Å². The number of hydrogen-bond donors (Lipinski definition) is 3. The molecule has 0 saturated carbocycles. The molecule has 8 heteroatoms. The van der Waals surface area contributed by atoms with Gasteiger partial charge in [0.1, 0.15) is 17.1 Å². The van der Waals surface area contributed by atoms with Gasteiger partial charge in [0.15, 0.2) is 0 Å². The third kappa shape index (κ3) is 3.89. The van der Waals surface area contributed by atoms with Crippen LogP contribution in [-0.2, 0) is 16.1 Å². The number of amides is 2. The zero-order chi connectivity index (χ0) is 19.6. The van der Waals surface area contributed by atoms with E-state index in [9.17, 15) is 23.9 Å². The van der Waals surface area contributed by atoms with E-state index in [1.807, 2.05) is 0 Å². The lowest BCUT2D eigenvalue weighted by Gasteiger charge is -2.25. The molecule has 3 N–H and O–H groups in total. The number of rotatable bonds is 5. The van der Waals surface area contributed by atoms with Crippen LogP contribution in [0.5, 0.6) is 5.75 Å². The second-order valence-corrected chi connectivity index (χ2v) is 6.09. The van der Waals surface area contributed by atoms with Crippen LogP contribution in [0, 0.1) is 5.82 Å². The Kier molecular flexibility index (Phi) is 5.07. The summed E-state index contributed by atoms with van der Waals surface area (Å²) < 4.78 is 18.4. The maximum atomic E-state index is 13.4. The van der Waals surface area contributed by atoms with E-state index in [1.54, 1.807) is 6.07 Å². The molecule has 2 aromatic carbocycles. The molecule has 0 fully saturated rings. The number of carbonyl (C=O) groups is 3. The van der Waals surface area contributed by atoms with E-state index in [0.29, 0.717) is 11.1 Å². The molecule has 0 saturated heterocycles. The van der Waals surface area contributed by atoms with Gasteiger partial charge in [0, 0.05) is 18.7 Å². The first-order valence-electron chi connectivity index (χ1n) is 8.16. The molecule has 7 nitrogen and oxygen atoms in total. The summed E-state index contributed by atoms with van der Waals surface area (Å²) in [6.45, 7) is 0.0811. The Morgan fingerprint density at radius 2 is 2.07 bits per heavy atom. The standard InChI is InChI=1S/C19H17FN2O5/c1-27-16-5-2-10(6-14(16)19(25)26)9-21-18(24)13-8-17(23)22-15-7-11(20)3-4-12(13)15/h2-7,13H,8-9H2,1H3,(H,21,24)(H,22,23)(H,25,26)/t13-/m0/s1. The smallest absolute Gasteiger partial charge is 0.339 e. The van der Waals surface area contributed by atoms with Crippen molar-refractivity contribution in [2.45, 2.75) is 18.9 Å². The van der Waals surface area contributed by atoms with Gasteiger partial charge in [-0.25, -0.2) is 9.18 Å². The minimum absolute atomic E-state index is 0.0119. The van der Waals surface area contributed by atoms with Crippen molar-refractivity contribution in [3.63, 3.8) is 0 Å². The van der Waals surface area contributed by atoms with Crippen LogP contribution in [0.4, 0.5) is 10.1 Å². The Morgan fingerprint density at radius 3 is 2.78 bits per heavy atom. The second-order valence-electron chi connectivity index (χ2n) is 6.09. The molecule has 140 valence electrons. The second kappa shape index (κ2) is 7.45. The molecule has 2 aromatic rings. The minimum atomic E-state index is -1.14. The maximum absolute atomic E-state index is 13.4. The molecule has 1 aliphatic heterocycles. The summed E-state index contributed by atoms with van der Waals surface area (Å²) in [5.41, 5.74) is 1.38. The molecular formula is C19H17FN2O5. The highest BCUT2D eigenvalue weighted by Gasteiger charge is 2.30. The third-order valence-corrected chi connectivity index (χ3v) is 4.33. The molecule has 1 aliphatic rings. The van der Waals surface area contributed by atoms with Gasteiger partial charge in [-0.15, -0.1) is 0 Å². The molecule has 1 heterocycles. The molecule has 3 rings (SSSR count).